The summed E-state index contributed by atoms with van der Waals surface area (Å²) in [6.07, 6.45) is -0.202. The zero-order chi connectivity index (χ0) is 27.7. The summed E-state index contributed by atoms with van der Waals surface area (Å²) >= 11 is 0. The number of anilines is 3. The molecule has 3 aromatic carbocycles. The molecule has 0 saturated carbocycles. The van der Waals surface area contributed by atoms with Crippen molar-refractivity contribution in [2.45, 2.75) is 26.5 Å². The van der Waals surface area contributed by atoms with Gasteiger partial charge >= 0.3 is 12.0 Å². The smallest absolute Gasteiger partial charge is 0.337 e. The first-order valence-corrected chi connectivity index (χ1v) is 12.2. The Morgan fingerprint density at radius 1 is 0.947 bits per heavy atom. The highest BCUT2D eigenvalue weighted by atomic mass is 16.5. The van der Waals surface area contributed by atoms with Gasteiger partial charge in [-0.3, -0.25) is 10.1 Å². The maximum absolute atomic E-state index is 12.5. The van der Waals surface area contributed by atoms with E-state index in [1.165, 1.54) is 7.11 Å². The molecule has 9 nitrogen and oxygen atoms in total. The van der Waals surface area contributed by atoms with E-state index in [2.05, 4.69) is 16.0 Å². The van der Waals surface area contributed by atoms with E-state index in [4.69, 9.17) is 9.47 Å². The standard InChI is InChI=1S/C29H34N4O5/c1-19-8-6-7-9-25(19)32-29(36)31-23-13-10-21(11-14-23)16-24(34)18-30-20(2)38-27-15-12-22(28(35)37-5)17-26(27)33(3)4/h6-15,17,20,30H,16,18H2,1-5H3,(H2,31,32,36). The predicted octanol–water partition coefficient (Wildman–Crippen LogP) is 4.62. The Labute approximate surface area is 223 Å². The largest absolute Gasteiger partial charge is 0.473 e. The summed E-state index contributed by atoms with van der Waals surface area (Å²) in [4.78, 5) is 38.5. The van der Waals surface area contributed by atoms with Gasteiger partial charge in [-0.2, -0.15) is 0 Å². The molecule has 38 heavy (non-hydrogen) atoms. The van der Waals surface area contributed by atoms with Crippen LogP contribution in [0.3, 0.4) is 0 Å². The highest BCUT2D eigenvalue weighted by Crippen LogP contribution is 2.29. The van der Waals surface area contributed by atoms with Crippen LogP contribution in [-0.2, 0) is 16.0 Å². The monoisotopic (exact) mass is 518 g/mol. The number of ether oxygens (including phenoxy) is 2. The van der Waals surface area contributed by atoms with Crippen molar-refractivity contribution < 1.29 is 23.9 Å². The molecule has 9 heteroatoms. The fourth-order valence-electron chi connectivity index (χ4n) is 3.69. The van der Waals surface area contributed by atoms with Gasteiger partial charge in [-0.25, -0.2) is 9.59 Å². The number of esters is 1. The summed E-state index contributed by atoms with van der Waals surface area (Å²) in [5, 5.41) is 8.70. The van der Waals surface area contributed by atoms with Gasteiger partial charge < -0.3 is 25.0 Å². The molecule has 0 aliphatic rings. The first kappa shape index (κ1) is 28.2. The molecule has 0 fully saturated rings. The van der Waals surface area contributed by atoms with E-state index < -0.39 is 12.2 Å². The van der Waals surface area contributed by atoms with Gasteiger partial charge in [0, 0.05) is 31.9 Å². The van der Waals surface area contributed by atoms with Gasteiger partial charge in [0.25, 0.3) is 0 Å². The molecule has 0 aliphatic carbocycles. The molecule has 0 saturated heterocycles. The molecule has 1 atom stereocenters. The van der Waals surface area contributed by atoms with Gasteiger partial charge in [-0.1, -0.05) is 30.3 Å². The molecular weight excluding hydrogens is 484 g/mol. The summed E-state index contributed by atoms with van der Waals surface area (Å²) in [5.74, 6) is 0.141. The number of urea groups is 1. The lowest BCUT2D eigenvalue weighted by molar-refractivity contribution is -0.118. The number of methoxy groups -OCH3 is 1. The average Bonchev–Trinajstić information content (AvgIpc) is 2.89. The molecule has 0 aliphatic heterocycles. The van der Waals surface area contributed by atoms with Crippen LogP contribution in [0, 0.1) is 6.92 Å². The zero-order valence-electron chi connectivity index (χ0n) is 22.3. The van der Waals surface area contributed by atoms with Crippen LogP contribution in [0.5, 0.6) is 5.75 Å². The number of carbonyl (C=O) groups excluding carboxylic acids is 3. The average molecular weight is 519 g/mol. The molecule has 0 bridgehead atoms. The Balaban J connectivity index is 1.48. The molecule has 0 aromatic heterocycles. The van der Waals surface area contributed by atoms with Crippen LogP contribution in [0.2, 0.25) is 0 Å². The van der Waals surface area contributed by atoms with Crippen molar-refractivity contribution in [2.75, 3.05) is 43.3 Å². The number of nitrogens with zero attached hydrogens (tertiary/aromatic N) is 1. The molecule has 3 N–H and O–H groups in total. The molecule has 3 aromatic rings. The van der Waals surface area contributed by atoms with Crippen molar-refractivity contribution >= 4 is 34.8 Å². The third-order valence-electron chi connectivity index (χ3n) is 5.76. The lowest BCUT2D eigenvalue weighted by Crippen LogP contribution is -2.36. The molecule has 200 valence electrons. The molecule has 0 radical (unpaired) electrons. The van der Waals surface area contributed by atoms with Gasteiger partial charge in [-0.05, 0) is 61.4 Å². The Morgan fingerprint density at radius 3 is 2.32 bits per heavy atom. The molecule has 1 unspecified atom stereocenters. The van der Waals surface area contributed by atoms with E-state index in [1.54, 1.807) is 30.3 Å². The number of aryl methyl sites for hydroxylation is 1. The number of hydrogen-bond acceptors (Lipinski definition) is 7. The van der Waals surface area contributed by atoms with E-state index in [1.807, 2.05) is 69.2 Å². The third-order valence-corrected chi connectivity index (χ3v) is 5.76. The third kappa shape index (κ3) is 8.07. The Bertz CT molecular complexity index is 1270. The first-order chi connectivity index (χ1) is 18.2. The second-order valence-electron chi connectivity index (χ2n) is 9.02. The number of rotatable bonds is 11. The van der Waals surface area contributed by atoms with Crippen LogP contribution in [0.1, 0.15) is 28.4 Å². The quantitative estimate of drug-likeness (QED) is 0.251. The summed E-state index contributed by atoms with van der Waals surface area (Å²) in [5.41, 5.74) is 4.32. The van der Waals surface area contributed by atoms with Gasteiger partial charge in [0.2, 0.25) is 0 Å². The zero-order valence-corrected chi connectivity index (χ0v) is 22.3. The van der Waals surface area contributed by atoms with Gasteiger partial charge in [0.15, 0.2) is 5.78 Å². The predicted molar refractivity (Wildman–Crippen MR) is 149 cm³/mol. The minimum atomic E-state index is -0.444. The minimum absolute atomic E-state index is 0.00710. The van der Waals surface area contributed by atoms with Crippen LogP contribution in [0.25, 0.3) is 0 Å². The Kier molecular flexibility index (Phi) is 9.84. The topological polar surface area (TPSA) is 109 Å². The van der Waals surface area contributed by atoms with Crippen molar-refractivity contribution in [1.82, 2.24) is 5.32 Å². The van der Waals surface area contributed by atoms with Crippen LogP contribution in [0.15, 0.2) is 66.7 Å². The summed E-state index contributed by atoms with van der Waals surface area (Å²) in [6, 6.07) is 19.4. The van der Waals surface area contributed by atoms with Crippen LogP contribution >= 0.6 is 0 Å². The number of para-hydroxylation sites is 1. The molecule has 3 rings (SSSR count). The van der Waals surface area contributed by atoms with Crippen molar-refractivity contribution in [3.8, 4) is 5.75 Å². The summed E-state index contributed by atoms with van der Waals surface area (Å²) in [6.45, 7) is 3.86. The Morgan fingerprint density at radius 2 is 1.66 bits per heavy atom. The van der Waals surface area contributed by atoms with E-state index in [0.717, 1.165) is 16.8 Å². The van der Waals surface area contributed by atoms with Crippen LogP contribution in [0.4, 0.5) is 21.9 Å². The fraction of sp³-hybridized carbons (Fsp3) is 0.276. The number of carbonyl (C=O) groups is 3. The number of Topliss-reactive ketones (excluding diaryl/α,β-unsaturated/α-hetero) is 1. The number of benzene rings is 3. The number of nitrogens with one attached hydrogen (secondary N) is 3. The lowest BCUT2D eigenvalue weighted by Gasteiger charge is -2.22. The van der Waals surface area contributed by atoms with Gasteiger partial charge in [0.1, 0.15) is 12.0 Å². The SMILES string of the molecule is COC(=O)c1ccc(OC(C)NCC(=O)Cc2ccc(NC(=O)Nc3ccccc3C)cc2)c(N(C)C)c1. The second-order valence-corrected chi connectivity index (χ2v) is 9.02. The number of amides is 2. The van der Waals surface area contributed by atoms with Crippen LogP contribution < -0.4 is 25.6 Å². The van der Waals surface area contributed by atoms with Crippen molar-refractivity contribution in [3.63, 3.8) is 0 Å². The highest BCUT2D eigenvalue weighted by Gasteiger charge is 2.15. The molecular formula is C29H34N4O5. The van der Waals surface area contributed by atoms with Crippen LogP contribution in [-0.4, -0.2) is 51.8 Å². The maximum Gasteiger partial charge on any atom is 0.337 e. The van der Waals surface area contributed by atoms with E-state index in [-0.39, 0.29) is 24.8 Å². The summed E-state index contributed by atoms with van der Waals surface area (Å²) in [7, 11) is 5.03. The second kappa shape index (κ2) is 13.3. The molecule has 0 heterocycles. The number of ketones is 1. The summed E-state index contributed by atoms with van der Waals surface area (Å²) < 4.78 is 10.8. The number of hydrogen-bond donors (Lipinski definition) is 3. The maximum atomic E-state index is 12.5. The molecule has 0 spiro atoms. The van der Waals surface area contributed by atoms with E-state index >= 15 is 0 Å². The molecule has 2 amide bonds. The minimum Gasteiger partial charge on any atom is -0.473 e. The normalized spacial score (nSPS) is 11.3. The van der Waals surface area contributed by atoms with Crippen molar-refractivity contribution in [3.05, 3.63) is 83.4 Å². The first-order valence-electron chi connectivity index (χ1n) is 12.2. The van der Waals surface area contributed by atoms with Gasteiger partial charge in [0.05, 0.1) is 24.9 Å². The fourth-order valence-corrected chi connectivity index (χ4v) is 3.69. The Hall–Kier alpha value is -4.37. The highest BCUT2D eigenvalue weighted by molar-refractivity contribution is 6.00. The van der Waals surface area contributed by atoms with Crippen molar-refractivity contribution in [1.29, 1.82) is 0 Å². The van der Waals surface area contributed by atoms with E-state index in [9.17, 15) is 14.4 Å². The van der Waals surface area contributed by atoms with Crippen molar-refractivity contribution in [2.24, 2.45) is 0 Å². The van der Waals surface area contributed by atoms with E-state index in [0.29, 0.717) is 22.7 Å². The lowest BCUT2D eigenvalue weighted by atomic mass is 10.1. The van der Waals surface area contributed by atoms with Gasteiger partial charge in [-0.15, -0.1) is 0 Å².